The summed E-state index contributed by atoms with van der Waals surface area (Å²) in [7, 11) is 2.50. The van der Waals surface area contributed by atoms with E-state index < -0.39 is 0 Å². The Balaban J connectivity index is 2.05. The van der Waals surface area contributed by atoms with Crippen molar-refractivity contribution in [1.29, 1.82) is 0 Å². The normalized spacial score (nSPS) is 10.4. The Kier molecular flexibility index (Phi) is 3.86. The van der Waals surface area contributed by atoms with Crippen molar-refractivity contribution < 1.29 is 0 Å². The molecule has 16 heavy (non-hydrogen) atoms. The van der Waals surface area contributed by atoms with Crippen molar-refractivity contribution >= 4 is 48.9 Å². The number of halogens is 2. The summed E-state index contributed by atoms with van der Waals surface area (Å²) < 4.78 is -0.0923. The Bertz CT molecular complexity index is 532. The number of hydrogen-bond donors (Lipinski definition) is 1. The summed E-state index contributed by atoms with van der Waals surface area (Å²) in [5.74, 6) is 0. The van der Waals surface area contributed by atoms with Crippen LogP contribution in [0.15, 0.2) is 29.1 Å². The second kappa shape index (κ2) is 5.19. The van der Waals surface area contributed by atoms with Gasteiger partial charge in [-0.3, -0.25) is 4.79 Å². The molecule has 0 spiro atoms. The zero-order valence-electron chi connectivity index (χ0n) is 8.00. The average molecular weight is 292 g/mol. The summed E-state index contributed by atoms with van der Waals surface area (Å²) in [5.41, 5.74) is 1.09. The fraction of sp³-hybridized carbons (Fsp3) is 0.100. The number of rotatable bonds is 3. The van der Waals surface area contributed by atoms with E-state index in [1.54, 1.807) is 0 Å². The lowest BCUT2D eigenvalue weighted by molar-refractivity contribution is 1.16. The smallest absolute Gasteiger partial charge is 0.263 e. The zero-order valence-corrected chi connectivity index (χ0v) is 11.1. The second-order valence-corrected chi connectivity index (χ2v) is 6.00. The van der Waals surface area contributed by atoms with E-state index in [1.807, 2.05) is 24.3 Å². The van der Waals surface area contributed by atoms with Crippen LogP contribution >= 0.6 is 43.9 Å². The summed E-state index contributed by atoms with van der Waals surface area (Å²) in [5, 5.41) is 4.84. The van der Waals surface area contributed by atoms with Crippen LogP contribution in [0.3, 0.4) is 0 Å². The molecule has 0 aliphatic rings. The van der Waals surface area contributed by atoms with E-state index in [0.717, 1.165) is 20.9 Å². The molecule has 0 saturated heterocycles. The van der Waals surface area contributed by atoms with Crippen molar-refractivity contribution in [2.45, 2.75) is 6.54 Å². The fourth-order valence-electron chi connectivity index (χ4n) is 1.14. The molecule has 0 aliphatic carbocycles. The van der Waals surface area contributed by atoms with Gasteiger partial charge in [0.05, 0.1) is 0 Å². The van der Waals surface area contributed by atoms with Gasteiger partial charge >= 0.3 is 0 Å². The molecular formula is C10H7Cl2NOS2. The largest absolute Gasteiger partial charge is 0.371 e. The average Bonchev–Trinajstić information content (AvgIpc) is 2.60. The van der Waals surface area contributed by atoms with Crippen LogP contribution in [0.5, 0.6) is 0 Å². The Hall–Kier alpha value is -0.550. The van der Waals surface area contributed by atoms with Crippen molar-refractivity contribution in [3.05, 3.63) is 49.4 Å². The molecule has 0 saturated carbocycles. The maximum atomic E-state index is 11.1. The Morgan fingerprint density at radius 3 is 2.38 bits per heavy atom. The van der Waals surface area contributed by atoms with Gasteiger partial charge in [0.15, 0.2) is 0 Å². The zero-order chi connectivity index (χ0) is 11.5. The standard InChI is InChI=1S/C10H7Cl2NOS2/c11-7-3-1-6(2-4-7)5-13-9-8(12)10(14)16-15-9/h1-4,13H,5H2. The Morgan fingerprint density at radius 2 is 1.81 bits per heavy atom. The number of nitrogens with one attached hydrogen (secondary N) is 1. The van der Waals surface area contributed by atoms with Gasteiger partial charge in [-0.05, 0) is 28.0 Å². The second-order valence-electron chi connectivity index (χ2n) is 3.08. The maximum absolute atomic E-state index is 11.1. The monoisotopic (exact) mass is 291 g/mol. The van der Waals surface area contributed by atoms with Crippen LogP contribution in [-0.4, -0.2) is 0 Å². The molecule has 1 N–H and O–H groups in total. The van der Waals surface area contributed by atoms with Crippen molar-refractivity contribution in [2.24, 2.45) is 0 Å². The molecule has 1 heterocycles. The molecule has 0 aliphatic heterocycles. The molecule has 0 unspecified atom stereocenters. The van der Waals surface area contributed by atoms with E-state index in [9.17, 15) is 4.79 Å². The summed E-state index contributed by atoms with van der Waals surface area (Å²) in [6, 6.07) is 7.52. The lowest BCUT2D eigenvalue weighted by Gasteiger charge is -2.03. The van der Waals surface area contributed by atoms with Crippen molar-refractivity contribution in [3.8, 4) is 0 Å². The highest BCUT2D eigenvalue weighted by atomic mass is 35.5. The van der Waals surface area contributed by atoms with E-state index >= 15 is 0 Å². The van der Waals surface area contributed by atoms with Crippen molar-refractivity contribution in [3.63, 3.8) is 0 Å². The molecule has 84 valence electrons. The molecule has 0 bridgehead atoms. The number of hydrogen-bond acceptors (Lipinski definition) is 4. The molecule has 0 atom stereocenters. The summed E-state index contributed by atoms with van der Waals surface area (Å²) in [4.78, 5) is 11.1. The molecule has 0 amide bonds. The van der Waals surface area contributed by atoms with Gasteiger partial charge in [0.2, 0.25) is 0 Å². The molecule has 0 radical (unpaired) electrons. The third-order valence-corrected chi connectivity index (χ3v) is 4.94. The van der Waals surface area contributed by atoms with Crippen LogP contribution in [0.4, 0.5) is 5.00 Å². The third-order valence-electron chi connectivity index (χ3n) is 1.95. The predicted molar refractivity (Wildman–Crippen MR) is 72.3 cm³/mol. The molecule has 1 aromatic carbocycles. The molecular weight excluding hydrogens is 285 g/mol. The molecule has 2 nitrogen and oxygen atoms in total. The third kappa shape index (κ3) is 2.77. The summed E-state index contributed by atoms with van der Waals surface area (Å²) in [6.45, 7) is 0.629. The number of benzene rings is 1. The van der Waals surface area contributed by atoms with E-state index in [4.69, 9.17) is 23.2 Å². The Labute approximate surface area is 110 Å². The van der Waals surface area contributed by atoms with Gasteiger partial charge in [0.25, 0.3) is 4.74 Å². The SMILES string of the molecule is O=c1ssc(NCc2ccc(Cl)cc2)c1Cl. The topological polar surface area (TPSA) is 29.1 Å². The highest BCUT2D eigenvalue weighted by Gasteiger charge is 2.07. The first-order chi connectivity index (χ1) is 7.66. The summed E-state index contributed by atoms with van der Waals surface area (Å²) >= 11 is 11.6. The van der Waals surface area contributed by atoms with Crippen LogP contribution in [0, 0.1) is 0 Å². The Morgan fingerprint density at radius 1 is 1.12 bits per heavy atom. The number of anilines is 1. The van der Waals surface area contributed by atoms with Crippen LogP contribution in [0.25, 0.3) is 0 Å². The quantitative estimate of drug-likeness (QED) is 0.863. The van der Waals surface area contributed by atoms with Gasteiger partial charge in [0.1, 0.15) is 10.0 Å². The first kappa shape index (κ1) is 11.9. The minimum atomic E-state index is -0.0923. The van der Waals surface area contributed by atoms with Gasteiger partial charge in [-0.15, -0.1) is 0 Å². The molecule has 6 heteroatoms. The lowest BCUT2D eigenvalue weighted by atomic mass is 10.2. The molecule has 1 aromatic heterocycles. The van der Waals surface area contributed by atoms with E-state index in [2.05, 4.69) is 5.32 Å². The summed E-state index contributed by atoms with van der Waals surface area (Å²) in [6.07, 6.45) is 0. The van der Waals surface area contributed by atoms with Crippen molar-refractivity contribution in [2.75, 3.05) is 5.32 Å². The predicted octanol–water partition coefficient (Wildman–Crippen LogP) is 4.09. The van der Waals surface area contributed by atoms with Gasteiger partial charge in [-0.1, -0.05) is 45.7 Å². The maximum Gasteiger partial charge on any atom is 0.263 e. The highest BCUT2D eigenvalue weighted by Crippen LogP contribution is 2.27. The van der Waals surface area contributed by atoms with Crippen LogP contribution in [-0.2, 0) is 6.54 Å². The van der Waals surface area contributed by atoms with Crippen molar-refractivity contribution in [1.82, 2.24) is 0 Å². The van der Waals surface area contributed by atoms with Crippen LogP contribution in [0.2, 0.25) is 10.0 Å². The van der Waals surface area contributed by atoms with Gasteiger partial charge in [0, 0.05) is 11.6 Å². The van der Waals surface area contributed by atoms with E-state index in [0.29, 0.717) is 11.6 Å². The van der Waals surface area contributed by atoms with Crippen LogP contribution in [0.1, 0.15) is 5.56 Å². The fourth-order valence-corrected chi connectivity index (χ4v) is 3.69. The molecule has 2 aromatic rings. The van der Waals surface area contributed by atoms with E-state index in [-0.39, 0.29) is 9.77 Å². The minimum Gasteiger partial charge on any atom is -0.371 e. The van der Waals surface area contributed by atoms with Gasteiger partial charge < -0.3 is 5.32 Å². The van der Waals surface area contributed by atoms with Gasteiger partial charge in [-0.25, -0.2) is 0 Å². The first-order valence-corrected chi connectivity index (χ1v) is 7.34. The highest BCUT2D eigenvalue weighted by molar-refractivity contribution is 7.70. The minimum absolute atomic E-state index is 0.0923. The molecule has 0 fully saturated rings. The van der Waals surface area contributed by atoms with Gasteiger partial charge in [-0.2, -0.15) is 0 Å². The lowest BCUT2D eigenvalue weighted by Crippen LogP contribution is -1.99. The molecule has 2 rings (SSSR count). The van der Waals surface area contributed by atoms with Crippen LogP contribution < -0.4 is 10.1 Å². The first-order valence-electron chi connectivity index (χ1n) is 4.44. The van der Waals surface area contributed by atoms with E-state index in [1.165, 1.54) is 10.3 Å².